The van der Waals surface area contributed by atoms with Gasteiger partial charge in [0.25, 0.3) is 0 Å². The lowest BCUT2D eigenvalue weighted by Crippen LogP contribution is -1.98. The molecule has 1 N–H and O–H groups in total. The van der Waals surface area contributed by atoms with Crippen molar-refractivity contribution in [1.82, 2.24) is 9.97 Å². The van der Waals surface area contributed by atoms with E-state index in [0.717, 1.165) is 17.1 Å². The summed E-state index contributed by atoms with van der Waals surface area (Å²) < 4.78 is 0.678. The van der Waals surface area contributed by atoms with Crippen molar-refractivity contribution in [2.45, 2.75) is 27.7 Å². The number of aromatic nitrogens is 2. The maximum Gasteiger partial charge on any atom is 0.133 e. The number of aryl methyl sites for hydroxylation is 3. The molecule has 0 spiro atoms. The smallest absolute Gasteiger partial charge is 0.133 e. The van der Waals surface area contributed by atoms with E-state index in [9.17, 15) is 0 Å². The summed E-state index contributed by atoms with van der Waals surface area (Å²) in [5.41, 5.74) is 5.83. The van der Waals surface area contributed by atoms with Crippen molar-refractivity contribution in [2.75, 3.05) is 0 Å². The molecule has 1 aromatic heterocycles. The molecule has 17 heavy (non-hydrogen) atoms. The topological polar surface area (TPSA) is 28.7 Å². The molecule has 88 valence electrons. The fourth-order valence-electron chi connectivity index (χ4n) is 1.92. The van der Waals surface area contributed by atoms with Crippen LogP contribution in [0, 0.1) is 32.3 Å². The molecule has 0 aliphatic carbocycles. The number of rotatable bonds is 1. The first-order valence-corrected chi connectivity index (χ1v) is 6.05. The van der Waals surface area contributed by atoms with Crippen LogP contribution in [0.2, 0.25) is 0 Å². The summed E-state index contributed by atoms with van der Waals surface area (Å²) >= 11 is 5.27. The first kappa shape index (κ1) is 12.0. The van der Waals surface area contributed by atoms with Crippen LogP contribution in [0.4, 0.5) is 0 Å². The van der Waals surface area contributed by atoms with Gasteiger partial charge in [0, 0.05) is 11.1 Å². The number of H-pyrrole nitrogens is 1. The molecule has 0 fully saturated rings. The predicted octanol–water partition coefficient (Wildman–Crippen LogP) is 4.04. The zero-order valence-corrected chi connectivity index (χ0v) is 11.4. The third-order valence-electron chi connectivity index (χ3n) is 2.93. The van der Waals surface area contributed by atoms with Crippen LogP contribution < -0.4 is 0 Å². The van der Waals surface area contributed by atoms with Gasteiger partial charge in [0.1, 0.15) is 10.5 Å². The number of nitrogens with zero attached hydrogens (tertiary/aromatic N) is 1. The van der Waals surface area contributed by atoms with Crippen LogP contribution in [0.25, 0.3) is 11.3 Å². The standard InChI is InChI=1S/C14H16N2S/c1-8-5-6-9(2)12(7-8)13-10(3)14(17)16-11(4)15-13/h5-7H,1-4H3,(H,15,16,17). The van der Waals surface area contributed by atoms with Gasteiger partial charge in [-0.15, -0.1) is 0 Å². The number of benzene rings is 1. The van der Waals surface area contributed by atoms with Crippen molar-refractivity contribution in [3.8, 4) is 11.3 Å². The monoisotopic (exact) mass is 244 g/mol. The first-order chi connectivity index (χ1) is 7.99. The molecule has 0 radical (unpaired) electrons. The molecule has 0 bridgehead atoms. The van der Waals surface area contributed by atoms with Crippen LogP contribution in [0.1, 0.15) is 22.5 Å². The number of nitrogens with one attached hydrogen (secondary N) is 1. The lowest BCUT2D eigenvalue weighted by molar-refractivity contribution is 1.02. The average Bonchev–Trinajstić information content (AvgIpc) is 2.27. The predicted molar refractivity (Wildman–Crippen MR) is 73.8 cm³/mol. The summed E-state index contributed by atoms with van der Waals surface area (Å²) in [5.74, 6) is 0.858. The van der Waals surface area contributed by atoms with Gasteiger partial charge >= 0.3 is 0 Å². The second-order valence-electron chi connectivity index (χ2n) is 4.45. The Balaban J connectivity index is 2.76. The number of aromatic amines is 1. The molecule has 2 rings (SSSR count). The molecular formula is C14H16N2S. The Kier molecular flexibility index (Phi) is 3.11. The quantitative estimate of drug-likeness (QED) is 0.767. The third kappa shape index (κ3) is 2.29. The molecule has 0 saturated heterocycles. The second kappa shape index (κ2) is 4.41. The lowest BCUT2D eigenvalue weighted by atomic mass is 10.0. The Morgan fingerprint density at radius 1 is 1.12 bits per heavy atom. The van der Waals surface area contributed by atoms with Crippen LogP contribution in [0.3, 0.4) is 0 Å². The zero-order valence-electron chi connectivity index (χ0n) is 10.6. The van der Waals surface area contributed by atoms with Crippen LogP contribution >= 0.6 is 12.2 Å². The van der Waals surface area contributed by atoms with Gasteiger partial charge in [0.15, 0.2) is 0 Å². The summed E-state index contributed by atoms with van der Waals surface area (Å²) in [6.45, 7) is 8.16. The second-order valence-corrected chi connectivity index (χ2v) is 4.83. The van der Waals surface area contributed by atoms with E-state index in [1.54, 1.807) is 0 Å². The van der Waals surface area contributed by atoms with Crippen LogP contribution in [0.5, 0.6) is 0 Å². The summed E-state index contributed by atoms with van der Waals surface area (Å²) in [6, 6.07) is 6.44. The minimum atomic E-state index is 0.678. The molecule has 2 aromatic rings. The van der Waals surface area contributed by atoms with E-state index in [2.05, 4.69) is 42.0 Å². The summed E-state index contributed by atoms with van der Waals surface area (Å²) in [7, 11) is 0. The maximum absolute atomic E-state index is 5.27. The Bertz CT molecular complexity index is 627. The highest BCUT2D eigenvalue weighted by Gasteiger charge is 2.08. The first-order valence-electron chi connectivity index (χ1n) is 5.64. The lowest BCUT2D eigenvalue weighted by Gasteiger charge is -2.11. The van der Waals surface area contributed by atoms with Crippen molar-refractivity contribution < 1.29 is 0 Å². The summed E-state index contributed by atoms with van der Waals surface area (Å²) in [5, 5.41) is 0. The molecule has 0 unspecified atom stereocenters. The van der Waals surface area contributed by atoms with E-state index < -0.39 is 0 Å². The maximum atomic E-state index is 5.27. The van der Waals surface area contributed by atoms with Gasteiger partial charge in [-0.1, -0.05) is 29.9 Å². The van der Waals surface area contributed by atoms with E-state index >= 15 is 0 Å². The van der Waals surface area contributed by atoms with Gasteiger partial charge in [-0.2, -0.15) is 0 Å². The molecule has 0 aliphatic rings. The fourth-order valence-corrected chi connectivity index (χ4v) is 2.16. The highest BCUT2D eigenvalue weighted by atomic mass is 32.1. The minimum absolute atomic E-state index is 0.678. The Hall–Kier alpha value is -1.48. The van der Waals surface area contributed by atoms with E-state index in [4.69, 9.17) is 12.2 Å². The van der Waals surface area contributed by atoms with Crippen molar-refractivity contribution in [3.05, 3.63) is 45.4 Å². The summed E-state index contributed by atoms with van der Waals surface area (Å²) in [6.07, 6.45) is 0. The average molecular weight is 244 g/mol. The van der Waals surface area contributed by atoms with E-state index in [0.29, 0.717) is 4.64 Å². The Morgan fingerprint density at radius 2 is 1.82 bits per heavy atom. The normalized spacial score (nSPS) is 10.6. The fraction of sp³-hybridized carbons (Fsp3) is 0.286. The van der Waals surface area contributed by atoms with E-state index in [1.165, 1.54) is 16.7 Å². The number of hydrogen-bond donors (Lipinski definition) is 1. The Morgan fingerprint density at radius 3 is 2.53 bits per heavy atom. The minimum Gasteiger partial charge on any atom is -0.343 e. The van der Waals surface area contributed by atoms with E-state index in [1.807, 2.05) is 13.8 Å². The van der Waals surface area contributed by atoms with Crippen LogP contribution in [0.15, 0.2) is 18.2 Å². The zero-order chi connectivity index (χ0) is 12.6. The van der Waals surface area contributed by atoms with Gasteiger partial charge in [-0.3, -0.25) is 0 Å². The van der Waals surface area contributed by atoms with Crippen molar-refractivity contribution in [3.63, 3.8) is 0 Å². The van der Waals surface area contributed by atoms with Crippen LogP contribution in [-0.4, -0.2) is 9.97 Å². The van der Waals surface area contributed by atoms with Crippen molar-refractivity contribution in [1.29, 1.82) is 0 Å². The van der Waals surface area contributed by atoms with Crippen molar-refractivity contribution in [2.24, 2.45) is 0 Å². The summed E-state index contributed by atoms with van der Waals surface area (Å²) in [4.78, 5) is 7.59. The molecule has 2 nitrogen and oxygen atoms in total. The molecule has 0 saturated carbocycles. The molecule has 3 heteroatoms. The number of hydrogen-bond acceptors (Lipinski definition) is 2. The van der Waals surface area contributed by atoms with E-state index in [-0.39, 0.29) is 0 Å². The van der Waals surface area contributed by atoms with Gasteiger partial charge < -0.3 is 4.98 Å². The van der Waals surface area contributed by atoms with Gasteiger partial charge in [0.2, 0.25) is 0 Å². The Labute approximate surface area is 107 Å². The van der Waals surface area contributed by atoms with Gasteiger partial charge in [-0.05, 0) is 39.3 Å². The molecule has 1 aromatic carbocycles. The highest BCUT2D eigenvalue weighted by Crippen LogP contribution is 2.25. The van der Waals surface area contributed by atoms with Gasteiger partial charge in [0.05, 0.1) is 5.69 Å². The molecule has 0 amide bonds. The molecule has 0 atom stereocenters. The SMILES string of the molecule is Cc1ccc(C)c(-c2[nH]c(C)nc(=S)c2C)c1. The van der Waals surface area contributed by atoms with Crippen molar-refractivity contribution >= 4 is 12.2 Å². The molecule has 1 heterocycles. The third-order valence-corrected chi connectivity index (χ3v) is 3.33. The largest absolute Gasteiger partial charge is 0.343 e. The molecule has 0 aliphatic heterocycles. The van der Waals surface area contributed by atoms with Gasteiger partial charge in [-0.25, -0.2) is 4.98 Å². The molecular weight excluding hydrogens is 228 g/mol. The van der Waals surface area contributed by atoms with Crippen LogP contribution in [-0.2, 0) is 0 Å². The highest BCUT2D eigenvalue weighted by molar-refractivity contribution is 7.71.